The number of hydrogen-bond donors (Lipinski definition) is 2. The van der Waals surface area contributed by atoms with E-state index < -0.39 is 6.04 Å². The van der Waals surface area contributed by atoms with E-state index in [1.165, 1.54) is 7.11 Å². The smallest absolute Gasteiger partial charge is 0.328 e. The number of aryl methyl sites for hydroxylation is 1. The number of carbonyl (C=O) groups is 1. The molecule has 5 nitrogen and oxygen atoms in total. The van der Waals surface area contributed by atoms with Gasteiger partial charge in [0.15, 0.2) is 0 Å². The third-order valence-corrected chi connectivity index (χ3v) is 2.07. The maximum atomic E-state index is 11.1. The zero-order chi connectivity index (χ0) is 11.4. The molecule has 0 amide bonds. The van der Waals surface area contributed by atoms with Crippen LogP contribution in [0.2, 0.25) is 0 Å². The second-order valence-corrected chi connectivity index (χ2v) is 3.32. The van der Waals surface area contributed by atoms with Crippen LogP contribution in [0.15, 0.2) is 12.3 Å². The van der Waals surface area contributed by atoms with Crippen LogP contribution in [-0.2, 0) is 9.53 Å². The predicted molar refractivity (Wildman–Crippen MR) is 58.5 cm³/mol. The van der Waals surface area contributed by atoms with E-state index in [2.05, 4.69) is 15.0 Å². The van der Waals surface area contributed by atoms with Gasteiger partial charge in [-0.1, -0.05) is 0 Å². The van der Waals surface area contributed by atoms with E-state index in [9.17, 15) is 4.79 Å². The van der Waals surface area contributed by atoms with Crippen LogP contribution in [0.3, 0.4) is 0 Å². The maximum absolute atomic E-state index is 11.1. The molecule has 0 radical (unpaired) electrons. The Hall–Kier alpha value is -1.78. The van der Waals surface area contributed by atoms with Crippen molar-refractivity contribution in [3.8, 4) is 0 Å². The summed E-state index contributed by atoms with van der Waals surface area (Å²) in [7, 11) is 1.35. The van der Waals surface area contributed by atoms with Crippen LogP contribution in [0.4, 0.5) is 11.5 Å². The summed E-state index contributed by atoms with van der Waals surface area (Å²) in [5, 5.41) is 2.92. The minimum Gasteiger partial charge on any atom is -0.467 e. The molecule has 1 rings (SSSR count). The van der Waals surface area contributed by atoms with Crippen LogP contribution in [0, 0.1) is 6.92 Å². The molecule has 5 heteroatoms. The molecular formula is C10H15N3O2. The third-order valence-electron chi connectivity index (χ3n) is 2.07. The summed E-state index contributed by atoms with van der Waals surface area (Å²) in [6, 6.07) is 1.36. The van der Waals surface area contributed by atoms with E-state index in [1.54, 1.807) is 19.2 Å². The first-order valence-corrected chi connectivity index (χ1v) is 4.61. The number of nitrogens with one attached hydrogen (secondary N) is 1. The second kappa shape index (κ2) is 4.63. The number of ether oxygens (including phenoxy) is 1. The third kappa shape index (κ3) is 2.83. The van der Waals surface area contributed by atoms with Gasteiger partial charge in [0.1, 0.15) is 11.9 Å². The van der Waals surface area contributed by atoms with Gasteiger partial charge in [-0.25, -0.2) is 9.78 Å². The molecule has 0 spiro atoms. The van der Waals surface area contributed by atoms with Gasteiger partial charge in [0, 0.05) is 0 Å². The topological polar surface area (TPSA) is 77.2 Å². The van der Waals surface area contributed by atoms with Crippen LogP contribution in [0.25, 0.3) is 0 Å². The highest BCUT2D eigenvalue weighted by molar-refractivity contribution is 5.78. The lowest BCUT2D eigenvalue weighted by Gasteiger charge is -2.12. The van der Waals surface area contributed by atoms with E-state index in [0.29, 0.717) is 11.5 Å². The van der Waals surface area contributed by atoms with Crippen LogP contribution >= 0.6 is 0 Å². The van der Waals surface area contributed by atoms with Gasteiger partial charge in [-0.3, -0.25) is 0 Å². The maximum Gasteiger partial charge on any atom is 0.328 e. The van der Waals surface area contributed by atoms with Gasteiger partial charge in [-0.05, 0) is 25.5 Å². The number of aromatic nitrogens is 1. The van der Waals surface area contributed by atoms with E-state index in [4.69, 9.17) is 5.73 Å². The molecule has 0 fully saturated rings. The van der Waals surface area contributed by atoms with Crippen molar-refractivity contribution < 1.29 is 9.53 Å². The van der Waals surface area contributed by atoms with Crippen molar-refractivity contribution in [3.63, 3.8) is 0 Å². The minimum atomic E-state index is -0.425. The van der Waals surface area contributed by atoms with Gasteiger partial charge in [-0.2, -0.15) is 0 Å². The summed E-state index contributed by atoms with van der Waals surface area (Å²) in [5.74, 6) is 0.283. The standard InChI is InChI=1S/C10H15N3O2/c1-6-4-9(12-5-8(6)11)13-7(2)10(14)15-3/h4-5,7H,11H2,1-3H3,(H,12,13). The van der Waals surface area contributed by atoms with E-state index in [1.807, 2.05) is 6.92 Å². The number of nitrogens with zero attached hydrogens (tertiary/aromatic N) is 1. The Morgan fingerprint density at radius 1 is 1.67 bits per heavy atom. The number of pyridine rings is 1. The molecule has 0 aliphatic rings. The fourth-order valence-electron chi connectivity index (χ4n) is 1.10. The van der Waals surface area contributed by atoms with Crippen LogP contribution in [-0.4, -0.2) is 24.1 Å². The molecule has 0 aliphatic heterocycles. The zero-order valence-corrected chi connectivity index (χ0v) is 9.07. The minimum absolute atomic E-state index is 0.328. The van der Waals surface area contributed by atoms with Crippen molar-refractivity contribution in [2.45, 2.75) is 19.9 Å². The number of carbonyl (C=O) groups excluding carboxylic acids is 1. The van der Waals surface area contributed by atoms with Gasteiger partial charge in [0.25, 0.3) is 0 Å². The lowest BCUT2D eigenvalue weighted by atomic mass is 10.2. The molecular weight excluding hydrogens is 194 g/mol. The SMILES string of the molecule is COC(=O)C(C)Nc1cc(C)c(N)cn1. The average molecular weight is 209 g/mol. The first-order valence-electron chi connectivity index (χ1n) is 4.61. The first-order chi connectivity index (χ1) is 7.04. The Morgan fingerprint density at radius 2 is 2.33 bits per heavy atom. The molecule has 15 heavy (non-hydrogen) atoms. The Bertz CT molecular complexity index is 366. The van der Waals surface area contributed by atoms with Crippen molar-refractivity contribution >= 4 is 17.5 Å². The summed E-state index contributed by atoms with van der Waals surface area (Å²) in [6.07, 6.45) is 1.56. The summed E-state index contributed by atoms with van der Waals surface area (Å²) in [4.78, 5) is 15.2. The molecule has 0 saturated carbocycles. The molecule has 0 saturated heterocycles. The fourth-order valence-corrected chi connectivity index (χ4v) is 1.10. The normalized spacial score (nSPS) is 11.9. The van der Waals surface area contributed by atoms with Crippen LogP contribution < -0.4 is 11.1 Å². The average Bonchev–Trinajstić information content (AvgIpc) is 2.22. The molecule has 0 bridgehead atoms. The molecule has 3 N–H and O–H groups in total. The van der Waals surface area contributed by atoms with Crippen molar-refractivity contribution in [2.24, 2.45) is 0 Å². The largest absolute Gasteiger partial charge is 0.467 e. The number of nitrogen functional groups attached to an aromatic ring is 1. The van der Waals surface area contributed by atoms with Crippen molar-refractivity contribution in [1.29, 1.82) is 0 Å². The molecule has 1 aromatic rings. The predicted octanol–water partition coefficient (Wildman–Crippen LogP) is 0.946. The van der Waals surface area contributed by atoms with Gasteiger partial charge in [-0.15, -0.1) is 0 Å². The zero-order valence-electron chi connectivity index (χ0n) is 9.07. The van der Waals surface area contributed by atoms with Crippen molar-refractivity contribution in [1.82, 2.24) is 4.98 Å². The van der Waals surface area contributed by atoms with E-state index in [0.717, 1.165) is 5.56 Å². The van der Waals surface area contributed by atoms with Gasteiger partial charge in [0.05, 0.1) is 19.0 Å². The fraction of sp³-hybridized carbons (Fsp3) is 0.400. The molecule has 1 atom stereocenters. The summed E-state index contributed by atoms with van der Waals surface area (Å²) >= 11 is 0. The highest BCUT2D eigenvalue weighted by Gasteiger charge is 2.12. The second-order valence-electron chi connectivity index (χ2n) is 3.32. The highest BCUT2D eigenvalue weighted by atomic mass is 16.5. The quantitative estimate of drug-likeness (QED) is 0.724. The van der Waals surface area contributed by atoms with Gasteiger partial charge < -0.3 is 15.8 Å². The molecule has 1 unspecified atom stereocenters. The Morgan fingerprint density at radius 3 is 2.87 bits per heavy atom. The van der Waals surface area contributed by atoms with Gasteiger partial charge >= 0.3 is 5.97 Å². The van der Waals surface area contributed by atoms with Gasteiger partial charge in [0.2, 0.25) is 0 Å². The Labute approximate surface area is 88.6 Å². The monoisotopic (exact) mass is 209 g/mol. The number of rotatable bonds is 3. The number of nitrogens with two attached hydrogens (primary N) is 1. The molecule has 82 valence electrons. The highest BCUT2D eigenvalue weighted by Crippen LogP contribution is 2.13. The molecule has 1 heterocycles. The summed E-state index contributed by atoms with van der Waals surface area (Å²) < 4.78 is 4.58. The van der Waals surface area contributed by atoms with Crippen LogP contribution in [0.1, 0.15) is 12.5 Å². The lowest BCUT2D eigenvalue weighted by Crippen LogP contribution is -2.27. The molecule has 0 aromatic carbocycles. The number of methoxy groups -OCH3 is 1. The molecule has 0 aliphatic carbocycles. The van der Waals surface area contributed by atoms with Crippen molar-refractivity contribution in [2.75, 3.05) is 18.2 Å². The summed E-state index contributed by atoms with van der Waals surface area (Å²) in [6.45, 7) is 3.59. The first kappa shape index (κ1) is 11.3. The summed E-state index contributed by atoms with van der Waals surface area (Å²) in [5.41, 5.74) is 7.18. The number of esters is 1. The van der Waals surface area contributed by atoms with E-state index >= 15 is 0 Å². The Kier molecular flexibility index (Phi) is 3.49. The Balaban J connectivity index is 2.73. The number of anilines is 2. The lowest BCUT2D eigenvalue weighted by molar-refractivity contribution is -0.141. The van der Waals surface area contributed by atoms with E-state index in [-0.39, 0.29) is 5.97 Å². The van der Waals surface area contributed by atoms with Crippen LogP contribution in [0.5, 0.6) is 0 Å². The van der Waals surface area contributed by atoms with Crippen molar-refractivity contribution in [3.05, 3.63) is 17.8 Å². The molecule has 1 aromatic heterocycles. The number of hydrogen-bond acceptors (Lipinski definition) is 5.